The molecule has 138 valence electrons. The fourth-order valence-corrected chi connectivity index (χ4v) is 4.90. The number of rotatable bonds is 3. The summed E-state index contributed by atoms with van der Waals surface area (Å²) in [5.41, 5.74) is 8.58. The molecule has 1 saturated heterocycles. The van der Waals surface area contributed by atoms with E-state index in [-0.39, 0.29) is 0 Å². The summed E-state index contributed by atoms with van der Waals surface area (Å²) in [7, 11) is 2.26. The van der Waals surface area contributed by atoms with Crippen molar-refractivity contribution in [2.24, 2.45) is 17.8 Å². The summed E-state index contributed by atoms with van der Waals surface area (Å²) in [5.74, 6) is -0.167. The molecule has 4 N–H and O–H groups in total. The molecule has 4 unspecified atom stereocenters. The lowest BCUT2D eigenvalue weighted by molar-refractivity contribution is -0.134. The Morgan fingerprint density at radius 3 is 2.35 bits per heavy atom. The van der Waals surface area contributed by atoms with Gasteiger partial charge in [0.2, 0.25) is 0 Å². The van der Waals surface area contributed by atoms with Crippen LogP contribution in [-0.2, 0) is 15.0 Å². The van der Waals surface area contributed by atoms with Gasteiger partial charge in [0.15, 0.2) is 0 Å². The van der Waals surface area contributed by atoms with E-state index in [0.717, 1.165) is 23.4 Å². The second kappa shape index (κ2) is 6.96. The number of allylic oxidation sites excluding steroid dienone is 2. The van der Waals surface area contributed by atoms with Crippen molar-refractivity contribution in [1.82, 2.24) is 4.90 Å². The summed E-state index contributed by atoms with van der Waals surface area (Å²) >= 11 is 0. The molecular weight excluding hydrogens is 332 g/mol. The number of carboxylic acids is 2. The van der Waals surface area contributed by atoms with Crippen molar-refractivity contribution < 1.29 is 19.8 Å². The van der Waals surface area contributed by atoms with Crippen LogP contribution in [-0.4, -0.2) is 47.2 Å². The van der Waals surface area contributed by atoms with Crippen molar-refractivity contribution in [1.29, 1.82) is 0 Å². The minimum absolute atomic E-state index is 0.363. The highest BCUT2D eigenvalue weighted by molar-refractivity contribution is 5.89. The number of benzene rings is 1. The fraction of sp³-hybridized carbons (Fsp3) is 0.400. The molecule has 4 atom stereocenters. The molecule has 1 heterocycles. The SMILES string of the molecule is CN1CC2C3C=CC(C3)C2(c2ccc(N)cc2)C1.O=C(O)C=CC(=O)O. The quantitative estimate of drug-likeness (QED) is 0.435. The van der Waals surface area contributed by atoms with Gasteiger partial charge in [0.25, 0.3) is 0 Å². The number of fused-ring (bicyclic) bond motifs is 5. The lowest BCUT2D eigenvalue weighted by atomic mass is 9.66. The van der Waals surface area contributed by atoms with Gasteiger partial charge < -0.3 is 20.8 Å². The Kier molecular flexibility index (Phi) is 4.87. The number of nitrogens with two attached hydrogens (primary N) is 1. The highest BCUT2D eigenvalue weighted by Crippen LogP contribution is 2.60. The van der Waals surface area contributed by atoms with E-state index in [1.54, 1.807) is 0 Å². The Hall–Kier alpha value is -2.60. The molecule has 2 bridgehead atoms. The standard InChI is InChI=1S/C16H20N2.C4H4O4/c1-18-9-15-11-2-3-13(8-11)16(15,10-18)12-4-6-14(17)7-5-12;5-3(6)1-2-4(7)8/h2-7,11,13,15H,8-10,17H2,1H3;1-2H,(H,5,6)(H,7,8). The Morgan fingerprint density at radius 2 is 1.77 bits per heavy atom. The van der Waals surface area contributed by atoms with Crippen molar-refractivity contribution in [2.45, 2.75) is 11.8 Å². The molecule has 1 aliphatic heterocycles. The number of nitrogen functional groups attached to an aromatic ring is 1. The predicted octanol–water partition coefficient (Wildman–Crippen LogP) is 1.99. The summed E-state index contributed by atoms with van der Waals surface area (Å²) < 4.78 is 0. The highest BCUT2D eigenvalue weighted by atomic mass is 16.4. The molecule has 1 aromatic carbocycles. The third kappa shape index (κ3) is 3.24. The van der Waals surface area contributed by atoms with Gasteiger partial charge in [-0.1, -0.05) is 24.3 Å². The van der Waals surface area contributed by atoms with Crippen molar-refractivity contribution in [3.63, 3.8) is 0 Å². The van der Waals surface area contributed by atoms with Crippen LogP contribution in [0, 0.1) is 17.8 Å². The van der Waals surface area contributed by atoms with Crippen molar-refractivity contribution in [3.8, 4) is 0 Å². The second-order valence-electron chi connectivity index (χ2n) is 7.37. The first kappa shape index (κ1) is 18.2. The van der Waals surface area contributed by atoms with E-state index < -0.39 is 11.9 Å². The molecule has 2 aliphatic carbocycles. The lowest BCUT2D eigenvalue weighted by Gasteiger charge is -2.37. The first-order valence-corrected chi connectivity index (χ1v) is 8.69. The van der Waals surface area contributed by atoms with Crippen LogP contribution in [0.2, 0.25) is 0 Å². The summed E-state index contributed by atoms with van der Waals surface area (Å²) in [6.45, 7) is 2.45. The largest absolute Gasteiger partial charge is 0.478 e. The van der Waals surface area contributed by atoms with E-state index in [9.17, 15) is 9.59 Å². The molecule has 2 fully saturated rings. The van der Waals surface area contributed by atoms with Gasteiger partial charge in [-0.25, -0.2) is 9.59 Å². The highest BCUT2D eigenvalue weighted by Gasteiger charge is 2.60. The van der Waals surface area contributed by atoms with Crippen molar-refractivity contribution in [2.75, 3.05) is 25.9 Å². The van der Waals surface area contributed by atoms with Crippen LogP contribution in [0.5, 0.6) is 0 Å². The van der Waals surface area contributed by atoms with E-state index >= 15 is 0 Å². The van der Waals surface area contributed by atoms with Gasteiger partial charge in [-0.3, -0.25) is 0 Å². The normalized spacial score (nSPS) is 31.7. The molecule has 1 aromatic rings. The van der Waals surface area contributed by atoms with E-state index in [1.807, 2.05) is 0 Å². The Bertz CT molecular complexity index is 740. The maximum absolute atomic E-state index is 9.55. The monoisotopic (exact) mass is 356 g/mol. The van der Waals surface area contributed by atoms with Gasteiger partial charge in [-0.2, -0.15) is 0 Å². The van der Waals surface area contributed by atoms with Gasteiger partial charge in [0.05, 0.1) is 0 Å². The summed E-state index contributed by atoms with van der Waals surface area (Å²) in [6.07, 6.45) is 7.41. The smallest absolute Gasteiger partial charge is 0.328 e. The lowest BCUT2D eigenvalue weighted by Crippen LogP contribution is -2.39. The maximum Gasteiger partial charge on any atom is 0.328 e. The predicted molar refractivity (Wildman–Crippen MR) is 98.7 cm³/mol. The van der Waals surface area contributed by atoms with Crippen LogP contribution in [0.15, 0.2) is 48.6 Å². The van der Waals surface area contributed by atoms with Crippen molar-refractivity contribution in [3.05, 3.63) is 54.1 Å². The number of carboxylic acid groups (broad SMARTS) is 2. The zero-order valence-corrected chi connectivity index (χ0v) is 14.7. The molecule has 0 aromatic heterocycles. The Balaban J connectivity index is 0.000000211. The average Bonchev–Trinajstić information content (AvgIpc) is 3.25. The number of likely N-dealkylation sites (N-methyl/N-ethyl adjacent to an activating group) is 1. The van der Waals surface area contributed by atoms with E-state index in [0.29, 0.717) is 17.6 Å². The molecule has 0 radical (unpaired) electrons. The van der Waals surface area contributed by atoms with Crippen LogP contribution < -0.4 is 5.73 Å². The van der Waals surface area contributed by atoms with E-state index in [4.69, 9.17) is 15.9 Å². The molecule has 4 rings (SSSR count). The number of nitrogens with zero attached hydrogens (tertiary/aromatic N) is 1. The summed E-state index contributed by atoms with van der Waals surface area (Å²) in [6, 6.07) is 8.65. The molecule has 6 nitrogen and oxygen atoms in total. The molecule has 1 saturated carbocycles. The van der Waals surface area contributed by atoms with Gasteiger partial charge >= 0.3 is 11.9 Å². The molecular formula is C20H24N2O4. The first-order chi connectivity index (χ1) is 12.3. The summed E-state index contributed by atoms with van der Waals surface area (Å²) in [4.78, 5) is 21.6. The third-order valence-corrected chi connectivity index (χ3v) is 5.81. The van der Waals surface area contributed by atoms with Gasteiger partial charge in [-0.15, -0.1) is 0 Å². The molecule has 0 amide bonds. The van der Waals surface area contributed by atoms with Crippen LogP contribution >= 0.6 is 0 Å². The minimum Gasteiger partial charge on any atom is -0.478 e. The summed E-state index contributed by atoms with van der Waals surface area (Å²) in [5, 5.41) is 15.6. The Labute approximate surface area is 152 Å². The number of hydrogen-bond acceptors (Lipinski definition) is 4. The molecule has 0 spiro atoms. The minimum atomic E-state index is -1.26. The van der Waals surface area contributed by atoms with Crippen molar-refractivity contribution >= 4 is 17.6 Å². The fourth-order valence-electron chi connectivity index (χ4n) is 4.90. The second-order valence-corrected chi connectivity index (χ2v) is 7.37. The van der Waals surface area contributed by atoms with Crippen LogP contribution in [0.3, 0.4) is 0 Å². The maximum atomic E-state index is 9.55. The van der Waals surface area contributed by atoms with Gasteiger partial charge in [0, 0.05) is 36.3 Å². The van der Waals surface area contributed by atoms with Crippen LogP contribution in [0.1, 0.15) is 12.0 Å². The molecule has 3 aliphatic rings. The number of likely N-dealkylation sites (tertiary alicyclic amines) is 1. The number of carbonyl (C=O) groups is 2. The molecule has 6 heteroatoms. The number of anilines is 1. The van der Waals surface area contributed by atoms with Crippen LogP contribution in [0.4, 0.5) is 5.69 Å². The van der Waals surface area contributed by atoms with E-state index in [2.05, 4.69) is 48.4 Å². The zero-order chi connectivity index (χ0) is 18.9. The topological polar surface area (TPSA) is 104 Å². The molecule has 26 heavy (non-hydrogen) atoms. The van der Waals surface area contributed by atoms with E-state index in [1.165, 1.54) is 25.1 Å². The zero-order valence-electron chi connectivity index (χ0n) is 14.7. The average molecular weight is 356 g/mol. The number of aliphatic carboxylic acids is 2. The van der Waals surface area contributed by atoms with Crippen LogP contribution in [0.25, 0.3) is 0 Å². The number of hydrogen-bond donors (Lipinski definition) is 3. The van der Waals surface area contributed by atoms with Gasteiger partial charge in [0.1, 0.15) is 0 Å². The first-order valence-electron chi connectivity index (χ1n) is 8.69. The Morgan fingerprint density at radius 1 is 1.15 bits per heavy atom. The third-order valence-electron chi connectivity index (χ3n) is 5.81. The van der Waals surface area contributed by atoms with Gasteiger partial charge in [-0.05, 0) is 48.9 Å².